The van der Waals surface area contributed by atoms with Crippen LogP contribution in [0.1, 0.15) is 44.1 Å². The summed E-state index contributed by atoms with van der Waals surface area (Å²) in [5, 5.41) is 16.6. The topological polar surface area (TPSA) is 86.2 Å². The van der Waals surface area contributed by atoms with Crippen molar-refractivity contribution in [3.8, 4) is 11.4 Å². The van der Waals surface area contributed by atoms with E-state index >= 15 is 0 Å². The van der Waals surface area contributed by atoms with Gasteiger partial charge in [-0.15, -0.1) is 16.4 Å². The summed E-state index contributed by atoms with van der Waals surface area (Å²) in [4.78, 5) is 22.4. The van der Waals surface area contributed by atoms with Crippen LogP contribution in [-0.2, 0) is 12.8 Å². The molecular formula is C22H23N5O2S. The molecule has 0 radical (unpaired) electrons. The quantitative estimate of drug-likeness (QED) is 0.323. The number of aromatic nitrogens is 4. The van der Waals surface area contributed by atoms with E-state index in [1.165, 1.54) is 35.4 Å². The number of hydrogen-bond donors (Lipinski definition) is 0. The SMILES string of the molecule is CCC(C)(C)[C@@H]1CCc2c(sc3ncn4nc(-c5ccc([N+](=O)[O-])cc5)nc4c23)C1. The zero-order chi connectivity index (χ0) is 21.0. The number of rotatable bonds is 4. The standard InChI is InChI=1S/C22H23N5O2S/c1-4-22(2,3)14-7-10-16-17(11-14)30-21-18(16)20-24-19(25-26(20)12-23-21)13-5-8-15(9-6-13)27(28)29/h5-6,8-9,12,14H,4,7,10-11H2,1-3H3/t14-/m1/s1. The normalized spacial score (nSPS) is 16.8. The molecule has 1 aromatic carbocycles. The largest absolute Gasteiger partial charge is 0.269 e. The number of nitrogens with zero attached hydrogens (tertiary/aromatic N) is 5. The van der Waals surface area contributed by atoms with Crippen molar-refractivity contribution in [1.82, 2.24) is 19.6 Å². The van der Waals surface area contributed by atoms with Gasteiger partial charge >= 0.3 is 0 Å². The molecule has 4 aromatic rings. The van der Waals surface area contributed by atoms with Crippen LogP contribution >= 0.6 is 11.3 Å². The van der Waals surface area contributed by atoms with Crippen LogP contribution in [0.5, 0.6) is 0 Å². The third-order valence-electron chi connectivity index (χ3n) is 6.74. The lowest BCUT2D eigenvalue weighted by Gasteiger charge is -2.36. The third kappa shape index (κ3) is 2.98. The highest BCUT2D eigenvalue weighted by atomic mass is 32.1. The first-order valence-electron chi connectivity index (χ1n) is 10.3. The summed E-state index contributed by atoms with van der Waals surface area (Å²) >= 11 is 1.79. The highest BCUT2D eigenvalue weighted by Gasteiger charge is 2.33. The average Bonchev–Trinajstić information content (AvgIpc) is 3.34. The fourth-order valence-electron chi connectivity index (χ4n) is 4.38. The van der Waals surface area contributed by atoms with E-state index in [0.717, 1.165) is 34.3 Å². The molecular weight excluding hydrogens is 398 g/mol. The Hall–Kier alpha value is -2.87. The first-order valence-corrected chi connectivity index (χ1v) is 11.1. The summed E-state index contributed by atoms with van der Waals surface area (Å²) in [5.41, 5.74) is 3.35. The number of aryl methyl sites for hydroxylation is 1. The number of nitro groups is 1. The number of hydrogen-bond acceptors (Lipinski definition) is 6. The van der Waals surface area contributed by atoms with E-state index in [0.29, 0.717) is 17.2 Å². The van der Waals surface area contributed by atoms with Crippen molar-refractivity contribution < 1.29 is 4.92 Å². The third-order valence-corrected chi connectivity index (χ3v) is 7.90. The van der Waals surface area contributed by atoms with Crippen molar-refractivity contribution in [2.24, 2.45) is 11.3 Å². The highest BCUT2D eigenvalue weighted by molar-refractivity contribution is 7.19. The summed E-state index contributed by atoms with van der Waals surface area (Å²) in [6.45, 7) is 7.03. The van der Waals surface area contributed by atoms with Gasteiger partial charge in [-0.1, -0.05) is 27.2 Å². The Morgan fingerprint density at radius 3 is 2.77 bits per heavy atom. The van der Waals surface area contributed by atoms with Crippen LogP contribution < -0.4 is 0 Å². The van der Waals surface area contributed by atoms with Crippen LogP contribution in [0.15, 0.2) is 30.6 Å². The van der Waals surface area contributed by atoms with Gasteiger partial charge in [0.25, 0.3) is 5.69 Å². The zero-order valence-electron chi connectivity index (χ0n) is 17.3. The monoisotopic (exact) mass is 421 g/mol. The van der Waals surface area contributed by atoms with Gasteiger partial charge in [0, 0.05) is 22.6 Å². The van der Waals surface area contributed by atoms with Crippen LogP contribution in [-0.4, -0.2) is 24.5 Å². The number of benzene rings is 1. The Morgan fingerprint density at radius 2 is 2.07 bits per heavy atom. The summed E-state index contributed by atoms with van der Waals surface area (Å²) < 4.78 is 1.73. The van der Waals surface area contributed by atoms with Crippen molar-refractivity contribution in [3.05, 3.63) is 51.1 Å². The maximum Gasteiger partial charge on any atom is 0.269 e. The molecule has 0 unspecified atom stereocenters. The average molecular weight is 422 g/mol. The Morgan fingerprint density at radius 1 is 1.30 bits per heavy atom. The molecule has 154 valence electrons. The maximum absolute atomic E-state index is 10.9. The highest BCUT2D eigenvalue weighted by Crippen LogP contribution is 2.45. The van der Waals surface area contributed by atoms with Gasteiger partial charge < -0.3 is 0 Å². The first-order chi connectivity index (χ1) is 14.4. The predicted molar refractivity (Wildman–Crippen MR) is 118 cm³/mol. The van der Waals surface area contributed by atoms with E-state index in [4.69, 9.17) is 4.98 Å². The van der Waals surface area contributed by atoms with Crippen LogP contribution in [0.25, 0.3) is 27.3 Å². The summed E-state index contributed by atoms with van der Waals surface area (Å²) in [5.74, 6) is 1.24. The summed E-state index contributed by atoms with van der Waals surface area (Å²) in [6, 6.07) is 6.35. The van der Waals surface area contributed by atoms with Gasteiger partial charge in [-0.05, 0) is 48.3 Å². The van der Waals surface area contributed by atoms with Gasteiger partial charge in [-0.2, -0.15) is 0 Å². The van der Waals surface area contributed by atoms with Gasteiger partial charge in [0.2, 0.25) is 0 Å². The van der Waals surface area contributed by atoms with Gasteiger partial charge in [0.1, 0.15) is 11.2 Å². The number of nitro benzene ring substituents is 1. The molecule has 0 bridgehead atoms. The number of thiophene rings is 1. The van der Waals surface area contributed by atoms with E-state index in [9.17, 15) is 10.1 Å². The fraction of sp³-hybridized carbons (Fsp3) is 0.409. The molecule has 1 aliphatic carbocycles. The molecule has 30 heavy (non-hydrogen) atoms. The van der Waals surface area contributed by atoms with Crippen molar-refractivity contribution >= 4 is 32.9 Å². The summed E-state index contributed by atoms with van der Waals surface area (Å²) in [7, 11) is 0. The minimum atomic E-state index is -0.404. The molecule has 0 spiro atoms. The molecule has 5 rings (SSSR count). The van der Waals surface area contributed by atoms with Gasteiger partial charge in [0.05, 0.1) is 10.3 Å². The van der Waals surface area contributed by atoms with Crippen molar-refractivity contribution in [1.29, 1.82) is 0 Å². The molecule has 3 heterocycles. The fourth-order valence-corrected chi connectivity index (χ4v) is 5.65. The lowest BCUT2D eigenvalue weighted by molar-refractivity contribution is -0.384. The van der Waals surface area contributed by atoms with Crippen LogP contribution in [0.4, 0.5) is 5.69 Å². The zero-order valence-corrected chi connectivity index (χ0v) is 18.1. The predicted octanol–water partition coefficient (Wildman–Crippen LogP) is 5.46. The molecule has 0 fully saturated rings. The summed E-state index contributed by atoms with van der Waals surface area (Å²) in [6.07, 6.45) is 6.24. The van der Waals surface area contributed by atoms with E-state index < -0.39 is 4.92 Å². The van der Waals surface area contributed by atoms with Crippen molar-refractivity contribution in [2.45, 2.75) is 46.5 Å². The van der Waals surface area contributed by atoms with Gasteiger partial charge in [-0.25, -0.2) is 14.5 Å². The molecule has 8 heteroatoms. The maximum atomic E-state index is 10.9. The smallest absolute Gasteiger partial charge is 0.258 e. The van der Waals surface area contributed by atoms with Crippen molar-refractivity contribution in [3.63, 3.8) is 0 Å². The molecule has 0 saturated carbocycles. The lowest BCUT2D eigenvalue weighted by Crippen LogP contribution is -2.28. The Bertz CT molecular complexity index is 1270. The van der Waals surface area contributed by atoms with Crippen molar-refractivity contribution in [2.75, 3.05) is 0 Å². The van der Waals surface area contributed by atoms with Crippen LogP contribution in [0.3, 0.4) is 0 Å². The van der Waals surface area contributed by atoms with Crippen LogP contribution in [0, 0.1) is 21.4 Å². The van der Waals surface area contributed by atoms with Crippen LogP contribution in [0.2, 0.25) is 0 Å². The van der Waals surface area contributed by atoms with Gasteiger partial charge in [0.15, 0.2) is 11.5 Å². The van der Waals surface area contributed by atoms with E-state index in [-0.39, 0.29) is 5.69 Å². The molecule has 3 aromatic heterocycles. The first kappa shape index (κ1) is 19.1. The second-order valence-electron chi connectivity index (χ2n) is 8.72. The van der Waals surface area contributed by atoms with Gasteiger partial charge in [-0.3, -0.25) is 10.1 Å². The molecule has 0 amide bonds. The number of fused-ring (bicyclic) bond motifs is 5. The molecule has 7 nitrogen and oxygen atoms in total. The van der Waals surface area contributed by atoms with E-state index in [1.807, 2.05) is 0 Å². The van der Waals surface area contributed by atoms with E-state index in [1.54, 1.807) is 34.3 Å². The molecule has 1 aliphatic rings. The lowest BCUT2D eigenvalue weighted by atomic mass is 9.70. The Balaban J connectivity index is 1.58. The Labute approximate surface area is 177 Å². The second-order valence-corrected chi connectivity index (χ2v) is 9.80. The molecule has 1 atom stereocenters. The number of non-ortho nitro benzene ring substituents is 1. The minimum absolute atomic E-state index is 0.0584. The Kier molecular flexibility index (Phi) is 4.36. The molecule has 0 N–H and O–H groups in total. The molecule has 0 aliphatic heterocycles. The minimum Gasteiger partial charge on any atom is -0.258 e. The molecule has 0 saturated heterocycles. The second kappa shape index (κ2) is 6.84. The van der Waals surface area contributed by atoms with E-state index in [2.05, 4.69) is 30.9 Å².